The molecule has 0 aliphatic carbocycles. The molecular weight excluding hydrogens is 250 g/mol. The molecule has 0 aromatic carbocycles. The molecule has 1 saturated heterocycles. The summed E-state index contributed by atoms with van der Waals surface area (Å²) in [6.07, 6.45) is 1.80. The summed E-state index contributed by atoms with van der Waals surface area (Å²) in [5.74, 6) is 0.369. The van der Waals surface area contributed by atoms with Crippen LogP contribution in [0.4, 0.5) is 5.13 Å². The van der Waals surface area contributed by atoms with Crippen LogP contribution >= 0.6 is 11.5 Å². The van der Waals surface area contributed by atoms with Gasteiger partial charge in [0.25, 0.3) is 0 Å². The predicted octanol–water partition coefficient (Wildman–Crippen LogP) is -0.326. The van der Waals surface area contributed by atoms with Gasteiger partial charge in [-0.25, -0.2) is 8.42 Å². The molecule has 7 nitrogen and oxygen atoms in total. The van der Waals surface area contributed by atoms with Gasteiger partial charge >= 0.3 is 0 Å². The van der Waals surface area contributed by atoms with Gasteiger partial charge in [-0.15, -0.1) is 0 Å². The monoisotopic (exact) mass is 263 g/mol. The Morgan fingerprint density at radius 3 is 2.81 bits per heavy atom. The van der Waals surface area contributed by atoms with Gasteiger partial charge < -0.3 is 5.32 Å². The normalized spacial score (nSPS) is 18.5. The van der Waals surface area contributed by atoms with Crippen molar-refractivity contribution in [2.75, 3.05) is 23.6 Å². The van der Waals surface area contributed by atoms with Crippen LogP contribution in [-0.4, -0.2) is 42.1 Å². The van der Waals surface area contributed by atoms with Gasteiger partial charge in [-0.1, -0.05) is 9.59 Å². The Morgan fingerprint density at radius 1 is 1.44 bits per heavy atom. The number of piperidine rings is 1. The lowest BCUT2D eigenvalue weighted by Gasteiger charge is -2.22. The van der Waals surface area contributed by atoms with Crippen LogP contribution in [0.3, 0.4) is 0 Å². The van der Waals surface area contributed by atoms with E-state index in [1.54, 1.807) is 0 Å². The van der Waals surface area contributed by atoms with Crippen molar-refractivity contribution >= 4 is 26.7 Å². The number of anilines is 1. The summed E-state index contributed by atoms with van der Waals surface area (Å²) in [6, 6.07) is 0. The van der Waals surface area contributed by atoms with Crippen LogP contribution in [0.15, 0.2) is 0 Å². The zero-order valence-electron chi connectivity index (χ0n) is 8.59. The molecule has 0 unspecified atom stereocenters. The van der Waals surface area contributed by atoms with Crippen molar-refractivity contribution in [3.05, 3.63) is 0 Å². The van der Waals surface area contributed by atoms with Crippen molar-refractivity contribution in [3.63, 3.8) is 0 Å². The second-order valence-electron chi connectivity index (χ2n) is 3.74. The van der Waals surface area contributed by atoms with E-state index in [1.807, 2.05) is 0 Å². The van der Waals surface area contributed by atoms with E-state index in [9.17, 15) is 8.42 Å². The van der Waals surface area contributed by atoms with Crippen LogP contribution < -0.4 is 10.0 Å². The van der Waals surface area contributed by atoms with Crippen molar-refractivity contribution in [1.29, 1.82) is 0 Å². The fourth-order valence-electron chi connectivity index (χ4n) is 1.71. The molecule has 0 atom stereocenters. The first-order chi connectivity index (χ1) is 7.66. The molecule has 9 heteroatoms. The van der Waals surface area contributed by atoms with E-state index >= 15 is 0 Å². The lowest BCUT2D eigenvalue weighted by molar-refractivity contribution is 0.402. The van der Waals surface area contributed by atoms with Crippen LogP contribution in [0, 0.1) is 5.92 Å². The average molecular weight is 263 g/mol. The van der Waals surface area contributed by atoms with E-state index in [4.69, 9.17) is 0 Å². The predicted molar refractivity (Wildman–Crippen MR) is 60.7 cm³/mol. The minimum atomic E-state index is -3.31. The van der Waals surface area contributed by atoms with Crippen LogP contribution in [0.2, 0.25) is 0 Å². The highest BCUT2D eigenvalue weighted by molar-refractivity contribution is 7.92. The van der Waals surface area contributed by atoms with E-state index < -0.39 is 10.0 Å². The molecule has 90 valence electrons. The molecule has 0 bridgehead atoms. The van der Waals surface area contributed by atoms with E-state index in [0.29, 0.717) is 0 Å². The highest BCUT2D eigenvalue weighted by Crippen LogP contribution is 2.16. The van der Waals surface area contributed by atoms with E-state index in [2.05, 4.69) is 24.8 Å². The quantitative estimate of drug-likeness (QED) is 0.772. The molecule has 2 heterocycles. The van der Waals surface area contributed by atoms with Gasteiger partial charge in [0.2, 0.25) is 15.2 Å². The van der Waals surface area contributed by atoms with Gasteiger partial charge in [-0.05, 0) is 37.1 Å². The standard InChI is InChI=1S/C7H13N5O2S2/c13-16(14,10-7-9-11-12-15-7)5-6-1-3-8-4-2-6/h6,8H,1-5H2,(H,9,10,12). The average Bonchev–Trinajstić information content (AvgIpc) is 2.70. The number of nitrogens with one attached hydrogen (secondary N) is 2. The minimum absolute atomic E-state index is 0.147. The van der Waals surface area contributed by atoms with E-state index in [-0.39, 0.29) is 16.8 Å². The van der Waals surface area contributed by atoms with Crippen LogP contribution in [0.5, 0.6) is 0 Å². The largest absolute Gasteiger partial charge is 0.317 e. The van der Waals surface area contributed by atoms with Crippen LogP contribution in [0.25, 0.3) is 0 Å². The lowest BCUT2D eigenvalue weighted by atomic mass is 10.0. The number of hydrogen-bond donors (Lipinski definition) is 2. The van der Waals surface area contributed by atoms with E-state index in [1.165, 1.54) is 0 Å². The zero-order valence-corrected chi connectivity index (χ0v) is 10.2. The summed E-state index contributed by atoms with van der Waals surface area (Å²) in [5.41, 5.74) is 0. The number of rotatable bonds is 4. The van der Waals surface area contributed by atoms with Gasteiger partial charge in [-0.3, -0.25) is 4.72 Å². The van der Waals surface area contributed by atoms with Crippen molar-refractivity contribution < 1.29 is 8.42 Å². The topological polar surface area (TPSA) is 96.9 Å². The Bertz CT molecular complexity index is 412. The van der Waals surface area contributed by atoms with Gasteiger partial charge in [0, 0.05) is 11.5 Å². The molecule has 0 spiro atoms. The zero-order chi connectivity index (χ0) is 11.4. The first-order valence-electron chi connectivity index (χ1n) is 5.02. The van der Waals surface area contributed by atoms with Crippen molar-refractivity contribution in [2.45, 2.75) is 12.8 Å². The third kappa shape index (κ3) is 3.35. The summed E-state index contributed by atoms with van der Waals surface area (Å²) >= 11 is 0.937. The first kappa shape index (κ1) is 11.7. The molecule has 1 aromatic rings. The molecule has 0 radical (unpaired) electrons. The Morgan fingerprint density at radius 2 is 2.19 bits per heavy atom. The molecule has 1 aromatic heterocycles. The van der Waals surface area contributed by atoms with E-state index in [0.717, 1.165) is 37.5 Å². The molecule has 0 saturated carbocycles. The molecule has 1 aliphatic heterocycles. The summed E-state index contributed by atoms with van der Waals surface area (Å²) in [7, 11) is -3.31. The Hall–Kier alpha value is -0.800. The molecular formula is C7H13N5O2S2. The van der Waals surface area contributed by atoms with Crippen molar-refractivity contribution in [3.8, 4) is 0 Å². The molecule has 1 fully saturated rings. The SMILES string of the molecule is O=S(=O)(CC1CCNCC1)Nc1nnns1. The Balaban J connectivity index is 1.92. The van der Waals surface area contributed by atoms with Crippen LogP contribution in [0.1, 0.15) is 12.8 Å². The maximum absolute atomic E-state index is 11.7. The lowest BCUT2D eigenvalue weighted by Crippen LogP contribution is -2.33. The number of nitrogens with zero attached hydrogens (tertiary/aromatic N) is 3. The fraction of sp³-hybridized carbons (Fsp3) is 0.857. The molecule has 16 heavy (non-hydrogen) atoms. The van der Waals surface area contributed by atoms with Gasteiger partial charge in [0.1, 0.15) is 0 Å². The summed E-state index contributed by atoms with van der Waals surface area (Å²) < 4.78 is 29.4. The second kappa shape index (κ2) is 5.02. The van der Waals surface area contributed by atoms with Crippen LogP contribution in [-0.2, 0) is 10.0 Å². The number of sulfonamides is 1. The molecule has 2 rings (SSSR count). The van der Waals surface area contributed by atoms with Gasteiger partial charge in [0.15, 0.2) is 0 Å². The molecule has 0 amide bonds. The maximum Gasteiger partial charge on any atom is 0.238 e. The Labute approximate surface area is 97.9 Å². The van der Waals surface area contributed by atoms with Gasteiger partial charge in [0.05, 0.1) is 5.75 Å². The maximum atomic E-state index is 11.7. The summed E-state index contributed by atoms with van der Waals surface area (Å²) in [5, 5.41) is 10.3. The highest BCUT2D eigenvalue weighted by atomic mass is 32.2. The third-order valence-corrected chi connectivity index (χ3v) is 4.51. The minimum Gasteiger partial charge on any atom is -0.317 e. The number of hydrogen-bond acceptors (Lipinski definition) is 7. The second-order valence-corrected chi connectivity index (χ2v) is 6.24. The van der Waals surface area contributed by atoms with Crippen molar-refractivity contribution in [2.24, 2.45) is 5.92 Å². The fourth-order valence-corrected chi connectivity index (χ4v) is 3.80. The van der Waals surface area contributed by atoms with Crippen molar-refractivity contribution in [1.82, 2.24) is 20.1 Å². The Kier molecular flexibility index (Phi) is 3.66. The molecule has 1 aliphatic rings. The summed E-state index contributed by atoms with van der Waals surface area (Å²) in [6.45, 7) is 1.78. The first-order valence-corrected chi connectivity index (χ1v) is 7.44. The van der Waals surface area contributed by atoms with Gasteiger partial charge in [-0.2, -0.15) is 0 Å². The third-order valence-electron chi connectivity index (χ3n) is 2.46. The molecule has 2 N–H and O–H groups in total. The smallest absolute Gasteiger partial charge is 0.238 e. The highest BCUT2D eigenvalue weighted by Gasteiger charge is 2.21. The number of aromatic nitrogens is 3. The summed E-state index contributed by atoms with van der Waals surface area (Å²) in [4.78, 5) is 0.